The molecule has 0 saturated heterocycles. The zero-order valence-electron chi connectivity index (χ0n) is 12.0. The second kappa shape index (κ2) is 6.82. The fourth-order valence-corrected chi connectivity index (χ4v) is 1.91. The average Bonchev–Trinajstić information content (AvgIpc) is 3.10. The molecular weight excluding hydrogens is 322 g/mol. The Morgan fingerprint density at radius 2 is 1.88 bits per heavy atom. The number of alkyl halides is 2. The molecule has 0 unspecified atom stereocenters. The van der Waals surface area contributed by atoms with Crippen LogP contribution in [0.2, 0.25) is 0 Å². The number of aromatic nitrogens is 4. The summed E-state index contributed by atoms with van der Waals surface area (Å²) in [6.45, 7) is -2.92. The predicted molar refractivity (Wildman–Crippen MR) is 77.2 cm³/mol. The normalized spacial score (nSPS) is 10.6. The average molecular weight is 332 g/mol. The van der Waals surface area contributed by atoms with Gasteiger partial charge in [-0.1, -0.05) is 6.07 Å². The molecular formula is C15H10F2N4O3. The lowest BCUT2D eigenvalue weighted by atomic mass is 10.2. The molecule has 0 aliphatic rings. The van der Waals surface area contributed by atoms with Crippen LogP contribution in [0, 0.1) is 0 Å². The summed E-state index contributed by atoms with van der Waals surface area (Å²) in [7, 11) is 0. The highest BCUT2D eigenvalue weighted by Gasteiger charge is 2.11. The Morgan fingerprint density at radius 1 is 1.08 bits per heavy atom. The van der Waals surface area contributed by atoms with Crippen LogP contribution in [-0.2, 0) is 0 Å². The zero-order valence-corrected chi connectivity index (χ0v) is 12.0. The third-order valence-corrected chi connectivity index (χ3v) is 2.96. The van der Waals surface area contributed by atoms with Gasteiger partial charge < -0.3 is 9.47 Å². The lowest BCUT2D eigenvalue weighted by Gasteiger charge is -2.07. The number of hydrogen-bond donors (Lipinski definition) is 0. The van der Waals surface area contributed by atoms with Crippen molar-refractivity contribution >= 4 is 5.97 Å². The smallest absolute Gasteiger partial charge is 0.387 e. The van der Waals surface area contributed by atoms with Crippen molar-refractivity contribution in [2.45, 2.75) is 6.61 Å². The number of ether oxygens (including phenoxy) is 2. The van der Waals surface area contributed by atoms with Gasteiger partial charge >= 0.3 is 12.6 Å². The molecule has 0 atom stereocenters. The second-order valence-corrected chi connectivity index (χ2v) is 4.54. The third-order valence-electron chi connectivity index (χ3n) is 2.96. The van der Waals surface area contributed by atoms with Crippen LogP contribution in [0.25, 0.3) is 5.69 Å². The Balaban J connectivity index is 1.72. The van der Waals surface area contributed by atoms with E-state index in [2.05, 4.69) is 20.3 Å². The highest BCUT2D eigenvalue weighted by Crippen LogP contribution is 2.19. The maximum absolute atomic E-state index is 12.1. The summed E-state index contributed by atoms with van der Waals surface area (Å²) in [4.78, 5) is 12.1. The predicted octanol–water partition coefficient (Wildman–Crippen LogP) is 2.48. The first-order valence-corrected chi connectivity index (χ1v) is 6.72. The highest BCUT2D eigenvalue weighted by atomic mass is 19.3. The Labute approximate surface area is 134 Å². The molecule has 0 fully saturated rings. The number of hydrogen-bond acceptors (Lipinski definition) is 6. The number of benzene rings is 2. The van der Waals surface area contributed by atoms with Crippen LogP contribution in [0.5, 0.6) is 11.5 Å². The van der Waals surface area contributed by atoms with Gasteiger partial charge in [0.25, 0.3) is 0 Å². The molecule has 1 aromatic heterocycles. The monoisotopic (exact) mass is 332 g/mol. The van der Waals surface area contributed by atoms with E-state index in [1.54, 1.807) is 24.3 Å². The molecule has 24 heavy (non-hydrogen) atoms. The van der Waals surface area contributed by atoms with Crippen LogP contribution in [0.3, 0.4) is 0 Å². The van der Waals surface area contributed by atoms with Crippen molar-refractivity contribution in [3.8, 4) is 17.2 Å². The number of rotatable bonds is 5. The van der Waals surface area contributed by atoms with E-state index in [4.69, 9.17) is 4.74 Å². The van der Waals surface area contributed by atoms with Crippen molar-refractivity contribution in [1.82, 2.24) is 20.2 Å². The first-order chi connectivity index (χ1) is 11.6. The van der Waals surface area contributed by atoms with Crippen molar-refractivity contribution in [1.29, 1.82) is 0 Å². The van der Waals surface area contributed by atoms with Gasteiger partial charge in [0.2, 0.25) is 0 Å². The van der Waals surface area contributed by atoms with E-state index in [0.717, 1.165) is 0 Å². The number of halogens is 2. The zero-order chi connectivity index (χ0) is 16.9. The van der Waals surface area contributed by atoms with Crippen LogP contribution in [-0.4, -0.2) is 32.8 Å². The topological polar surface area (TPSA) is 79.1 Å². The van der Waals surface area contributed by atoms with Crippen LogP contribution in [0.15, 0.2) is 54.9 Å². The number of carbonyl (C=O) groups is 1. The summed E-state index contributed by atoms with van der Waals surface area (Å²) in [6.07, 6.45) is 1.41. The fraction of sp³-hybridized carbons (Fsp3) is 0.0667. The summed E-state index contributed by atoms with van der Waals surface area (Å²) in [5.41, 5.74) is 0.815. The molecule has 0 N–H and O–H groups in total. The van der Waals surface area contributed by atoms with Gasteiger partial charge in [-0.25, -0.2) is 9.48 Å². The van der Waals surface area contributed by atoms with E-state index >= 15 is 0 Å². The molecule has 0 bridgehead atoms. The summed E-state index contributed by atoms with van der Waals surface area (Å²) in [5.74, 6) is -0.379. The highest BCUT2D eigenvalue weighted by molar-refractivity contribution is 5.91. The molecule has 122 valence electrons. The molecule has 7 nitrogen and oxygen atoms in total. The van der Waals surface area contributed by atoms with E-state index in [1.165, 1.54) is 35.3 Å². The molecule has 1 heterocycles. The molecule has 2 aromatic carbocycles. The van der Waals surface area contributed by atoms with Gasteiger partial charge in [0.05, 0.1) is 11.3 Å². The first-order valence-electron chi connectivity index (χ1n) is 6.72. The van der Waals surface area contributed by atoms with Crippen LogP contribution in [0.4, 0.5) is 8.78 Å². The number of esters is 1. The standard InChI is InChI=1S/C15H10F2N4O3/c16-15(17)24-12-6-4-10(5-7-12)14(22)23-13-3-1-2-11(8-13)21-9-18-19-20-21/h1-9,15H. The molecule has 0 radical (unpaired) electrons. The third kappa shape index (κ3) is 3.69. The minimum atomic E-state index is -2.92. The van der Waals surface area contributed by atoms with Crippen LogP contribution in [0.1, 0.15) is 10.4 Å². The van der Waals surface area contributed by atoms with Crippen molar-refractivity contribution < 1.29 is 23.0 Å². The van der Waals surface area contributed by atoms with Crippen molar-refractivity contribution in [2.75, 3.05) is 0 Å². The minimum absolute atomic E-state index is 0.0396. The largest absolute Gasteiger partial charge is 0.435 e. The molecule has 0 aliphatic heterocycles. The molecule has 3 rings (SSSR count). The lowest BCUT2D eigenvalue weighted by molar-refractivity contribution is -0.0498. The second-order valence-electron chi connectivity index (χ2n) is 4.54. The SMILES string of the molecule is O=C(Oc1cccc(-n2cnnn2)c1)c1ccc(OC(F)F)cc1. The van der Waals surface area contributed by atoms with E-state index in [1.807, 2.05) is 0 Å². The van der Waals surface area contributed by atoms with Crippen LogP contribution < -0.4 is 9.47 Å². The molecule has 0 aliphatic carbocycles. The lowest BCUT2D eigenvalue weighted by Crippen LogP contribution is -2.09. The Morgan fingerprint density at radius 3 is 2.54 bits per heavy atom. The Hall–Kier alpha value is -3.36. The van der Waals surface area contributed by atoms with Gasteiger partial charge in [0.15, 0.2) is 0 Å². The molecule has 3 aromatic rings. The van der Waals surface area contributed by atoms with Gasteiger partial charge in [0.1, 0.15) is 17.8 Å². The number of carbonyl (C=O) groups excluding carboxylic acids is 1. The minimum Gasteiger partial charge on any atom is -0.435 e. The van der Waals surface area contributed by atoms with Gasteiger partial charge in [-0.2, -0.15) is 8.78 Å². The van der Waals surface area contributed by atoms with E-state index in [-0.39, 0.29) is 11.3 Å². The van der Waals surface area contributed by atoms with E-state index in [0.29, 0.717) is 11.4 Å². The summed E-state index contributed by atoms with van der Waals surface area (Å²) in [6, 6.07) is 11.8. The van der Waals surface area contributed by atoms with Gasteiger partial charge in [-0.15, -0.1) is 5.10 Å². The summed E-state index contributed by atoms with van der Waals surface area (Å²) in [5, 5.41) is 10.8. The number of nitrogens with zero attached hydrogens (tertiary/aromatic N) is 4. The summed E-state index contributed by atoms with van der Waals surface area (Å²) >= 11 is 0. The molecule has 0 spiro atoms. The maximum Gasteiger partial charge on any atom is 0.387 e. The van der Waals surface area contributed by atoms with Crippen molar-refractivity contribution in [3.63, 3.8) is 0 Å². The summed E-state index contributed by atoms with van der Waals surface area (Å²) < 4.78 is 35.1. The van der Waals surface area contributed by atoms with E-state index < -0.39 is 12.6 Å². The maximum atomic E-state index is 12.1. The van der Waals surface area contributed by atoms with Crippen LogP contribution >= 0.6 is 0 Å². The first kappa shape index (κ1) is 15.5. The fourth-order valence-electron chi connectivity index (χ4n) is 1.91. The Kier molecular flexibility index (Phi) is 4.41. The van der Waals surface area contributed by atoms with Gasteiger partial charge in [-0.3, -0.25) is 0 Å². The van der Waals surface area contributed by atoms with Gasteiger partial charge in [-0.05, 0) is 46.8 Å². The number of tetrazole rings is 1. The molecule has 9 heteroatoms. The van der Waals surface area contributed by atoms with E-state index in [9.17, 15) is 13.6 Å². The Bertz CT molecular complexity index is 823. The molecule has 0 saturated carbocycles. The quantitative estimate of drug-likeness (QED) is 0.527. The van der Waals surface area contributed by atoms with Crippen molar-refractivity contribution in [2.24, 2.45) is 0 Å². The van der Waals surface area contributed by atoms with Gasteiger partial charge in [0, 0.05) is 6.07 Å². The molecule has 0 amide bonds. The van der Waals surface area contributed by atoms with Crippen molar-refractivity contribution in [3.05, 3.63) is 60.4 Å².